The summed E-state index contributed by atoms with van der Waals surface area (Å²) in [6.07, 6.45) is 4.02. The SMILES string of the molecule is CCCNCC(Cc1c(Br)cnn1C)c1ccccc1. The van der Waals surface area contributed by atoms with E-state index in [9.17, 15) is 0 Å². The third kappa shape index (κ3) is 3.93. The lowest BCUT2D eigenvalue weighted by Gasteiger charge is -2.18. The monoisotopic (exact) mass is 335 g/mol. The molecule has 2 aromatic rings. The molecule has 1 aromatic carbocycles. The van der Waals surface area contributed by atoms with Crippen LogP contribution in [-0.2, 0) is 13.5 Å². The maximum atomic E-state index is 4.31. The van der Waals surface area contributed by atoms with Crippen molar-refractivity contribution >= 4 is 15.9 Å². The Morgan fingerprint density at radius 1 is 1.30 bits per heavy atom. The van der Waals surface area contributed by atoms with Gasteiger partial charge in [-0.15, -0.1) is 0 Å². The molecule has 1 unspecified atom stereocenters. The van der Waals surface area contributed by atoms with E-state index >= 15 is 0 Å². The normalized spacial score (nSPS) is 12.6. The zero-order valence-electron chi connectivity index (χ0n) is 12.1. The van der Waals surface area contributed by atoms with E-state index in [0.717, 1.165) is 30.4 Å². The summed E-state index contributed by atoms with van der Waals surface area (Å²) in [5.41, 5.74) is 2.63. The summed E-state index contributed by atoms with van der Waals surface area (Å²) in [5, 5.41) is 7.85. The van der Waals surface area contributed by atoms with Gasteiger partial charge >= 0.3 is 0 Å². The molecule has 1 heterocycles. The van der Waals surface area contributed by atoms with Gasteiger partial charge in [-0.2, -0.15) is 5.10 Å². The first-order valence-corrected chi connectivity index (χ1v) is 7.93. The summed E-state index contributed by atoms with van der Waals surface area (Å²) in [5.74, 6) is 0.467. The Labute approximate surface area is 129 Å². The van der Waals surface area contributed by atoms with Crippen LogP contribution in [0.25, 0.3) is 0 Å². The third-order valence-electron chi connectivity index (χ3n) is 3.54. The number of nitrogens with one attached hydrogen (secondary N) is 1. The molecule has 1 N–H and O–H groups in total. The molecule has 0 aliphatic carbocycles. The molecule has 1 aromatic heterocycles. The Morgan fingerprint density at radius 3 is 2.65 bits per heavy atom. The number of hydrogen-bond acceptors (Lipinski definition) is 2. The average Bonchev–Trinajstić information content (AvgIpc) is 2.79. The summed E-state index contributed by atoms with van der Waals surface area (Å²) in [7, 11) is 2.00. The van der Waals surface area contributed by atoms with Crippen LogP contribution < -0.4 is 5.32 Å². The van der Waals surface area contributed by atoms with Crippen LogP contribution in [0, 0.1) is 0 Å². The predicted molar refractivity (Wildman–Crippen MR) is 87.0 cm³/mol. The van der Waals surface area contributed by atoms with Gasteiger partial charge in [-0.05, 0) is 40.9 Å². The summed E-state index contributed by atoms with van der Waals surface area (Å²) >= 11 is 3.60. The van der Waals surface area contributed by atoms with Crippen LogP contribution in [-0.4, -0.2) is 22.9 Å². The number of aromatic nitrogens is 2. The van der Waals surface area contributed by atoms with E-state index < -0.39 is 0 Å². The minimum Gasteiger partial charge on any atom is -0.316 e. The van der Waals surface area contributed by atoms with Crippen molar-refractivity contribution in [2.45, 2.75) is 25.7 Å². The number of rotatable bonds is 7. The second-order valence-corrected chi connectivity index (χ2v) is 5.93. The molecule has 2 rings (SSSR count). The second-order valence-electron chi connectivity index (χ2n) is 5.08. The van der Waals surface area contributed by atoms with E-state index in [0.29, 0.717) is 5.92 Å². The van der Waals surface area contributed by atoms with Crippen LogP contribution in [0.3, 0.4) is 0 Å². The lowest BCUT2D eigenvalue weighted by Crippen LogP contribution is -2.24. The van der Waals surface area contributed by atoms with E-state index in [1.54, 1.807) is 0 Å². The first kappa shape index (κ1) is 15.3. The predicted octanol–water partition coefficient (Wildman–Crippen LogP) is 3.51. The fraction of sp³-hybridized carbons (Fsp3) is 0.438. The number of hydrogen-bond donors (Lipinski definition) is 1. The highest BCUT2D eigenvalue weighted by Crippen LogP contribution is 2.24. The molecule has 20 heavy (non-hydrogen) atoms. The fourth-order valence-electron chi connectivity index (χ4n) is 2.39. The van der Waals surface area contributed by atoms with Crippen LogP contribution in [0.5, 0.6) is 0 Å². The first-order chi connectivity index (χ1) is 9.72. The number of halogens is 1. The summed E-state index contributed by atoms with van der Waals surface area (Å²) in [6.45, 7) is 4.26. The van der Waals surface area contributed by atoms with Gasteiger partial charge < -0.3 is 5.32 Å². The van der Waals surface area contributed by atoms with Crippen LogP contribution >= 0.6 is 15.9 Å². The Kier molecular flexibility index (Phi) is 5.80. The minimum absolute atomic E-state index is 0.467. The summed E-state index contributed by atoms with van der Waals surface area (Å²) < 4.78 is 3.05. The van der Waals surface area contributed by atoms with Gasteiger partial charge in [0.1, 0.15) is 0 Å². The number of nitrogens with zero attached hydrogens (tertiary/aromatic N) is 2. The maximum absolute atomic E-state index is 4.31. The van der Waals surface area contributed by atoms with Crippen LogP contribution in [0.1, 0.15) is 30.5 Å². The van der Waals surface area contributed by atoms with Crippen molar-refractivity contribution in [2.24, 2.45) is 7.05 Å². The second kappa shape index (κ2) is 7.60. The van der Waals surface area contributed by atoms with Gasteiger partial charge in [0, 0.05) is 19.5 Å². The highest BCUT2D eigenvalue weighted by atomic mass is 79.9. The zero-order chi connectivity index (χ0) is 14.4. The first-order valence-electron chi connectivity index (χ1n) is 7.14. The summed E-state index contributed by atoms with van der Waals surface area (Å²) in [4.78, 5) is 0. The lowest BCUT2D eigenvalue weighted by atomic mass is 9.94. The summed E-state index contributed by atoms with van der Waals surface area (Å²) in [6, 6.07) is 10.7. The van der Waals surface area contributed by atoms with E-state index in [-0.39, 0.29) is 0 Å². The van der Waals surface area contributed by atoms with Crippen molar-refractivity contribution in [3.05, 3.63) is 52.3 Å². The maximum Gasteiger partial charge on any atom is 0.0635 e. The molecular formula is C16H22BrN3. The molecule has 1 atom stereocenters. The average molecular weight is 336 g/mol. The smallest absolute Gasteiger partial charge is 0.0635 e. The zero-order valence-corrected chi connectivity index (χ0v) is 13.7. The third-order valence-corrected chi connectivity index (χ3v) is 4.20. The molecule has 0 aliphatic rings. The van der Waals surface area contributed by atoms with Crippen LogP contribution in [0.2, 0.25) is 0 Å². The van der Waals surface area contributed by atoms with Crippen LogP contribution in [0.4, 0.5) is 0 Å². The van der Waals surface area contributed by atoms with Crippen molar-refractivity contribution in [3.8, 4) is 0 Å². The Morgan fingerprint density at radius 2 is 2.05 bits per heavy atom. The van der Waals surface area contributed by atoms with E-state index in [1.165, 1.54) is 11.3 Å². The molecule has 0 saturated heterocycles. The highest BCUT2D eigenvalue weighted by Gasteiger charge is 2.16. The van der Waals surface area contributed by atoms with Gasteiger partial charge in [0.05, 0.1) is 16.4 Å². The Hall–Kier alpha value is -1.13. The molecular weight excluding hydrogens is 314 g/mol. The molecule has 0 radical (unpaired) electrons. The van der Waals surface area contributed by atoms with Crippen molar-refractivity contribution < 1.29 is 0 Å². The van der Waals surface area contributed by atoms with Gasteiger partial charge in [0.15, 0.2) is 0 Å². The van der Waals surface area contributed by atoms with E-state index in [4.69, 9.17) is 0 Å². The molecule has 0 spiro atoms. The van der Waals surface area contributed by atoms with Gasteiger partial charge in [-0.3, -0.25) is 4.68 Å². The quantitative estimate of drug-likeness (QED) is 0.784. The number of aryl methyl sites for hydroxylation is 1. The van der Waals surface area contributed by atoms with Gasteiger partial charge in [-0.25, -0.2) is 0 Å². The van der Waals surface area contributed by atoms with Crippen molar-refractivity contribution in [1.82, 2.24) is 15.1 Å². The molecule has 0 saturated carbocycles. The van der Waals surface area contributed by atoms with Crippen LogP contribution in [0.15, 0.2) is 41.0 Å². The Bertz CT molecular complexity index is 502. The van der Waals surface area contributed by atoms with Gasteiger partial charge in [0.2, 0.25) is 0 Å². The van der Waals surface area contributed by atoms with Gasteiger partial charge in [0.25, 0.3) is 0 Å². The molecule has 4 heteroatoms. The fourth-order valence-corrected chi connectivity index (χ4v) is 2.90. The number of benzene rings is 1. The topological polar surface area (TPSA) is 29.9 Å². The molecule has 0 bridgehead atoms. The molecule has 3 nitrogen and oxygen atoms in total. The molecule has 0 aliphatic heterocycles. The van der Waals surface area contributed by atoms with E-state index in [2.05, 4.69) is 63.6 Å². The molecule has 108 valence electrons. The highest BCUT2D eigenvalue weighted by molar-refractivity contribution is 9.10. The van der Waals surface area contributed by atoms with Gasteiger partial charge in [-0.1, -0.05) is 37.3 Å². The standard InChI is InChI=1S/C16H22BrN3/c1-3-9-18-11-14(13-7-5-4-6-8-13)10-16-15(17)12-19-20(16)2/h4-8,12,14,18H,3,9-11H2,1-2H3. The Balaban J connectivity index is 2.14. The van der Waals surface area contributed by atoms with Crippen molar-refractivity contribution in [1.29, 1.82) is 0 Å². The van der Waals surface area contributed by atoms with Crippen molar-refractivity contribution in [2.75, 3.05) is 13.1 Å². The van der Waals surface area contributed by atoms with E-state index in [1.807, 2.05) is 17.9 Å². The minimum atomic E-state index is 0.467. The lowest BCUT2D eigenvalue weighted by molar-refractivity contribution is 0.557. The largest absolute Gasteiger partial charge is 0.316 e. The van der Waals surface area contributed by atoms with Crippen molar-refractivity contribution in [3.63, 3.8) is 0 Å². The molecule has 0 fully saturated rings. The molecule has 0 amide bonds.